The van der Waals surface area contributed by atoms with Gasteiger partial charge < -0.3 is 10.2 Å². The number of nitrogens with one attached hydrogen (secondary N) is 1. The molecule has 3 nitrogen and oxygen atoms in total. The zero-order valence-corrected chi connectivity index (χ0v) is 12.3. The number of hydrogen-bond donors (Lipinski definition) is 1. The minimum absolute atomic E-state index is 0.0350. The minimum atomic E-state index is -0.426. The van der Waals surface area contributed by atoms with Crippen LogP contribution in [0.25, 0.3) is 0 Å². The van der Waals surface area contributed by atoms with Crippen molar-refractivity contribution in [2.45, 2.75) is 65.5 Å². The third kappa shape index (κ3) is 3.44. The van der Waals surface area contributed by atoms with Gasteiger partial charge in [-0.05, 0) is 53.0 Å². The lowest BCUT2D eigenvalue weighted by Crippen LogP contribution is -2.56. The van der Waals surface area contributed by atoms with Gasteiger partial charge in [0.25, 0.3) is 0 Å². The average Bonchev–Trinajstić information content (AvgIpc) is 2.21. The summed E-state index contributed by atoms with van der Waals surface area (Å²) >= 11 is 0. The third-order valence-corrected chi connectivity index (χ3v) is 3.74. The van der Waals surface area contributed by atoms with Gasteiger partial charge in [-0.2, -0.15) is 0 Å². The van der Waals surface area contributed by atoms with E-state index in [2.05, 4.69) is 37.9 Å². The second-order valence-electron chi connectivity index (χ2n) is 6.75. The predicted octanol–water partition coefficient (Wildman–Crippen LogP) is 2.41. The van der Waals surface area contributed by atoms with E-state index in [0.29, 0.717) is 5.92 Å². The van der Waals surface area contributed by atoms with Gasteiger partial charge in [0.15, 0.2) is 0 Å². The van der Waals surface area contributed by atoms with Gasteiger partial charge in [-0.25, -0.2) is 0 Å². The first-order chi connectivity index (χ1) is 7.67. The van der Waals surface area contributed by atoms with Crippen LogP contribution in [0.3, 0.4) is 0 Å². The minimum Gasteiger partial charge on any atom is -0.336 e. The second-order valence-corrected chi connectivity index (χ2v) is 6.75. The van der Waals surface area contributed by atoms with Crippen LogP contribution >= 0.6 is 0 Å². The summed E-state index contributed by atoms with van der Waals surface area (Å²) in [6.07, 6.45) is 2.09. The molecule has 17 heavy (non-hydrogen) atoms. The van der Waals surface area contributed by atoms with Gasteiger partial charge in [-0.15, -0.1) is 0 Å². The van der Waals surface area contributed by atoms with Crippen LogP contribution in [0, 0.1) is 5.92 Å². The molecule has 1 aliphatic heterocycles. The summed E-state index contributed by atoms with van der Waals surface area (Å²) in [5.74, 6) is 0.874. The fourth-order valence-corrected chi connectivity index (χ4v) is 2.30. The third-order valence-electron chi connectivity index (χ3n) is 3.74. The number of rotatable bonds is 3. The Morgan fingerprint density at radius 3 is 2.41 bits per heavy atom. The maximum absolute atomic E-state index is 12.6. The topological polar surface area (TPSA) is 32.3 Å². The van der Waals surface area contributed by atoms with Crippen LogP contribution in [0.4, 0.5) is 0 Å². The largest absolute Gasteiger partial charge is 0.336 e. The molecule has 0 aromatic heterocycles. The maximum Gasteiger partial charge on any atom is 0.242 e. The molecular weight excluding hydrogens is 212 g/mol. The first-order valence-corrected chi connectivity index (χ1v) is 6.74. The van der Waals surface area contributed by atoms with E-state index in [1.54, 1.807) is 0 Å². The Morgan fingerprint density at radius 2 is 1.88 bits per heavy atom. The van der Waals surface area contributed by atoms with Gasteiger partial charge >= 0.3 is 0 Å². The molecule has 1 aliphatic rings. The summed E-state index contributed by atoms with van der Waals surface area (Å²) in [4.78, 5) is 14.6. The summed E-state index contributed by atoms with van der Waals surface area (Å²) < 4.78 is 0. The molecule has 1 fully saturated rings. The van der Waals surface area contributed by atoms with Gasteiger partial charge in [0.05, 0.1) is 5.54 Å². The van der Waals surface area contributed by atoms with Crippen LogP contribution < -0.4 is 5.32 Å². The van der Waals surface area contributed by atoms with Gasteiger partial charge in [-0.1, -0.05) is 13.8 Å². The zero-order valence-electron chi connectivity index (χ0n) is 12.3. The van der Waals surface area contributed by atoms with Gasteiger partial charge in [0.1, 0.15) is 0 Å². The first kappa shape index (κ1) is 14.5. The van der Waals surface area contributed by atoms with Gasteiger partial charge in [0, 0.05) is 12.1 Å². The molecule has 100 valence electrons. The molecule has 1 amide bonds. The summed E-state index contributed by atoms with van der Waals surface area (Å²) in [5.41, 5.74) is -0.461. The molecule has 1 saturated heterocycles. The average molecular weight is 240 g/mol. The van der Waals surface area contributed by atoms with E-state index >= 15 is 0 Å². The van der Waals surface area contributed by atoms with E-state index < -0.39 is 5.54 Å². The van der Waals surface area contributed by atoms with Crippen molar-refractivity contribution in [3.05, 3.63) is 0 Å². The van der Waals surface area contributed by atoms with Crippen LogP contribution in [0.15, 0.2) is 0 Å². The lowest BCUT2D eigenvalue weighted by molar-refractivity contribution is -0.141. The molecule has 0 saturated carbocycles. The number of hydrogen-bond acceptors (Lipinski definition) is 2. The Kier molecular flexibility index (Phi) is 4.23. The van der Waals surface area contributed by atoms with E-state index in [4.69, 9.17) is 0 Å². The van der Waals surface area contributed by atoms with Gasteiger partial charge in [-0.3, -0.25) is 4.79 Å². The van der Waals surface area contributed by atoms with E-state index in [1.165, 1.54) is 0 Å². The molecule has 0 spiro atoms. The molecule has 1 N–H and O–H groups in total. The summed E-state index contributed by atoms with van der Waals surface area (Å²) in [6.45, 7) is 14.5. The van der Waals surface area contributed by atoms with Crippen LogP contribution in [-0.4, -0.2) is 35.0 Å². The van der Waals surface area contributed by atoms with Crippen molar-refractivity contribution in [1.82, 2.24) is 10.2 Å². The van der Waals surface area contributed by atoms with E-state index in [1.807, 2.05) is 13.8 Å². The normalized spacial score (nSPS) is 23.9. The molecule has 3 heteroatoms. The predicted molar refractivity (Wildman–Crippen MR) is 71.9 cm³/mol. The summed E-state index contributed by atoms with van der Waals surface area (Å²) in [5, 5.41) is 3.35. The fraction of sp³-hybridized carbons (Fsp3) is 0.929. The van der Waals surface area contributed by atoms with E-state index in [9.17, 15) is 4.79 Å². The molecule has 0 aromatic rings. The molecule has 0 aliphatic carbocycles. The maximum atomic E-state index is 12.6. The Hall–Kier alpha value is -0.570. The monoisotopic (exact) mass is 240 g/mol. The fourth-order valence-electron chi connectivity index (χ4n) is 2.30. The molecule has 0 bridgehead atoms. The highest BCUT2D eigenvalue weighted by molar-refractivity contribution is 5.86. The Balaban J connectivity index is 2.87. The molecule has 1 heterocycles. The van der Waals surface area contributed by atoms with E-state index in [-0.39, 0.29) is 11.4 Å². The van der Waals surface area contributed by atoms with Crippen LogP contribution in [0.1, 0.15) is 54.4 Å². The van der Waals surface area contributed by atoms with Crippen molar-refractivity contribution in [3.8, 4) is 0 Å². The van der Waals surface area contributed by atoms with Crippen LogP contribution in [0.5, 0.6) is 0 Å². The molecule has 0 radical (unpaired) electrons. The summed E-state index contributed by atoms with van der Waals surface area (Å²) in [6, 6.07) is 0. The standard InChI is InChI=1S/C14H28N2O/c1-11(2)7-10-16-12(17)14(5,6)15-9-8-13(16,3)4/h11,15H,7-10H2,1-6H3. The Morgan fingerprint density at radius 1 is 1.29 bits per heavy atom. The second kappa shape index (κ2) is 4.97. The number of nitrogens with zero attached hydrogens (tertiary/aromatic N) is 1. The lowest BCUT2D eigenvalue weighted by Gasteiger charge is -2.40. The summed E-state index contributed by atoms with van der Waals surface area (Å²) in [7, 11) is 0. The zero-order chi connectivity index (χ0) is 13.3. The van der Waals surface area contributed by atoms with Crippen molar-refractivity contribution in [2.75, 3.05) is 13.1 Å². The van der Waals surface area contributed by atoms with Crippen molar-refractivity contribution in [3.63, 3.8) is 0 Å². The van der Waals surface area contributed by atoms with Crippen molar-refractivity contribution in [1.29, 1.82) is 0 Å². The van der Waals surface area contributed by atoms with Gasteiger partial charge in [0.2, 0.25) is 5.91 Å². The van der Waals surface area contributed by atoms with Crippen LogP contribution in [-0.2, 0) is 4.79 Å². The van der Waals surface area contributed by atoms with Crippen molar-refractivity contribution >= 4 is 5.91 Å². The molecule has 0 atom stereocenters. The number of carbonyl (C=O) groups is 1. The van der Waals surface area contributed by atoms with Crippen LogP contribution in [0.2, 0.25) is 0 Å². The Bertz CT molecular complexity index is 282. The molecule has 0 aromatic carbocycles. The lowest BCUT2D eigenvalue weighted by atomic mass is 9.96. The molecular formula is C14H28N2O. The van der Waals surface area contributed by atoms with Crippen molar-refractivity contribution < 1.29 is 4.79 Å². The highest BCUT2D eigenvalue weighted by atomic mass is 16.2. The number of amides is 1. The first-order valence-electron chi connectivity index (χ1n) is 6.74. The highest BCUT2D eigenvalue weighted by Crippen LogP contribution is 2.26. The molecule has 1 rings (SSSR count). The van der Waals surface area contributed by atoms with Crippen molar-refractivity contribution in [2.24, 2.45) is 5.92 Å². The Labute approximate surface area is 106 Å². The number of carbonyl (C=O) groups excluding carboxylic acids is 1. The smallest absolute Gasteiger partial charge is 0.242 e. The van der Waals surface area contributed by atoms with E-state index in [0.717, 1.165) is 25.9 Å². The quantitative estimate of drug-likeness (QED) is 0.821. The molecule has 0 unspecified atom stereocenters. The SMILES string of the molecule is CC(C)CCN1C(=O)C(C)(C)NCCC1(C)C. The highest BCUT2D eigenvalue weighted by Gasteiger charge is 2.41.